The molecule has 0 spiro atoms. The van der Waals surface area contributed by atoms with E-state index in [1.807, 2.05) is 19.9 Å². The van der Waals surface area contributed by atoms with Gasteiger partial charge in [-0.2, -0.15) is 0 Å². The third-order valence-corrected chi connectivity index (χ3v) is 3.42. The van der Waals surface area contributed by atoms with Gasteiger partial charge in [-0.25, -0.2) is 4.39 Å². The Kier molecular flexibility index (Phi) is 5.56. The first-order valence-electron chi connectivity index (χ1n) is 7.51. The van der Waals surface area contributed by atoms with E-state index >= 15 is 0 Å². The molecule has 116 valence electrons. The highest BCUT2D eigenvalue weighted by molar-refractivity contribution is 5.91. The van der Waals surface area contributed by atoms with Crippen LogP contribution in [0.3, 0.4) is 0 Å². The highest BCUT2D eigenvalue weighted by Crippen LogP contribution is 2.25. The predicted octanol–water partition coefficient (Wildman–Crippen LogP) is 3.18. The van der Waals surface area contributed by atoms with Gasteiger partial charge in [0.15, 0.2) is 0 Å². The zero-order valence-corrected chi connectivity index (χ0v) is 12.7. The Bertz CT molecular complexity index is 485. The lowest BCUT2D eigenvalue weighted by atomic mass is 10.2. The third-order valence-electron chi connectivity index (χ3n) is 3.42. The van der Waals surface area contributed by atoms with Crippen molar-refractivity contribution in [1.29, 1.82) is 0 Å². The minimum atomic E-state index is -0.326. The zero-order chi connectivity index (χ0) is 15.2. The zero-order valence-electron chi connectivity index (χ0n) is 12.7. The second kappa shape index (κ2) is 7.41. The number of benzene rings is 1. The summed E-state index contributed by atoms with van der Waals surface area (Å²) >= 11 is 0. The van der Waals surface area contributed by atoms with E-state index in [2.05, 4.69) is 10.2 Å². The molecule has 1 amide bonds. The molecule has 0 aromatic heterocycles. The Morgan fingerprint density at radius 3 is 2.71 bits per heavy atom. The van der Waals surface area contributed by atoms with Gasteiger partial charge in [0.05, 0.1) is 19.1 Å². The summed E-state index contributed by atoms with van der Waals surface area (Å²) in [4.78, 5) is 14.0. The minimum Gasteiger partial charge on any atom is -0.378 e. The SMILES string of the molecule is CC(C)OCCC(=O)Nc1cc(F)cc(N2CCCC2)c1. The maximum atomic E-state index is 13.7. The molecule has 21 heavy (non-hydrogen) atoms. The number of hydrogen-bond acceptors (Lipinski definition) is 3. The number of rotatable bonds is 6. The van der Waals surface area contributed by atoms with Crippen molar-refractivity contribution in [2.75, 3.05) is 29.9 Å². The van der Waals surface area contributed by atoms with Crippen LogP contribution in [-0.4, -0.2) is 31.7 Å². The summed E-state index contributed by atoms with van der Waals surface area (Å²) in [6, 6.07) is 4.69. The number of carbonyl (C=O) groups is 1. The maximum Gasteiger partial charge on any atom is 0.226 e. The Morgan fingerprint density at radius 2 is 2.05 bits per heavy atom. The van der Waals surface area contributed by atoms with E-state index in [0.717, 1.165) is 31.6 Å². The number of nitrogens with one attached hydrogen (secondary N) is 1. The van der Waals surface area contributed by atoms with E-state index in [1.165, 1.54) is 12.1 Å². The quantitative estimate of drug-likeness (QED) is 0.876. The summed E-state index contributed by atoms with van der Waals surface area (Å²) in [5.74, 6) is -0.484. The van der Waals surface area contributed by atoms with Crippen LogP contribution in [0.4, 0.5) is 15.8 Å². The maximum absolute atomic E-state index is 13.7. The van der Waals surface area contributed by atoms with E-state index in [4.69, 9.17) is 4.74 Å². The monoisotopic (exact) mass is 294 g/mol. The molecule has 0 unspecified atom stereocenters. The average molecular weight is 294 g/mol. The van der Waals surface area contributed by atoms with Crippen LogP contribution in [0.1, 0.15) is 33.1 Å². The lowest BCUT2D eigenvalue weighted by Crippen LogP contribution is -2.19. The number of anilines is 2. The number of halogens is 1. The average Bonchev–Trinajstić information content (AvgIpc) is 2.91. The molecule has 1 aliphatic rings. The summed E-state index contributed by atoms with van der Waals surface area (Å²) < 4.78 is 19.0. The van der Waals surface area contributed by atoms with Gasteiger partial charge in [0, 0.05) is 24.5 Å². The molecule has 0 radical (unpaired) electrons. The minimum absolute atomic E-state index is 0.105. The first-order valence-corrected chi connectivity index (χ1v) is 7.51. The van der Waals surface area contributed by atoms with Gasteiger partial charge in [0.2, 0.25) is 5.91 Å². The highest BCUT2D eigenvalue weighted by atomic mass is 19.1. The van der Waals surface area contributed by atoms with Crippen LogP contribution in [0.2, 0.25) is 0 Å². The van der Waals surface area contributed by atoms with Gasteiger partial charge in [-0.15, -0.1) is 0 Å². The molecule has 0 aliphatic carbocycles. The van der Waals surface area contributed by atoms with E-state index in [9.17, 15) is 9.18 Å². The fourth-order valence-corrected chi connectivity index (χ4v) is 2.42. The summed E-state index contributed by atoms with van der Waals surface area (Å²) in [5, 5.41) is 2.73. The van der Waals surface area contributed by atoms with Crippen molar-refractivity contribution < 1.29 is 13.9 Å². The highest BCUT2D eigenvalue weighted by Gasteiger charge is 2.14. The summed E-state index contributed by atoms with van der Waals surface area (Å²) in [7, 11) is 0. The van der Waals surface area contributed by atoms with Gasteiger partial charge in [0.25, 0.3) is 0 Å². The number of carbonyl (C=O) groups excluding carboxylic acids is 1. The van der Waals surface area contributed by atoms with Crippen molar-refractivity contribution in [2.45, 2.75) is 39.2 Å². The fourth-order valence-electron chi connectivity index (χ4n) is 2.42. The van der Waals surface area contributed by atoms with Gasteiger partial charge >= 0.3 is 0 Å². The van der Waals surface area contributed by atoms with Crippen LogP contribution in [0, 0.1) is 5.82 Å². The Balaban J connectivity index is 1.94. The molecule has 1 fully saturated rings. The van der Waals surface area contributed by atoms with E-state index < -0.39 is 0 Å². The molecule has 1 N–H and O–H groups in total. The second-order valence-electron chi connectivity index (χ2n) is 5.61. The third kappa shape index (κ3) is 5.01. The Labute approximate surface area is 125 Å². The van der Waals surface area contributed by atoms with Crippen LogP contribution in [-0.2, 0) is 9.53 Å². The Morgan fingerprint density at radius 1 is 1.33 bits per heavy atom. The van der Waals surface area contributed by atoms with Crippen LogP contribution in [0.15, 0.2) is 18.2 Å². The number of hydrogen-bond donors (Lipinski definition) is 1. The molecule has 0 bridgehead atoms. The first-order chi connectivity index (χ1) is 10.0. The van der Waals surface area contributed by atoms with Gasteiger partial charge in [-0.1, -0.05) is 0 Å². The molecule has 1 aliphatic heterocycles. The van der Waals surface area contributed by atoms with Crippen molar-refractivity contribution in [1.82, 2.24) is 0 Å². The number of nitrogens with zero attached hydrogens (tertiary/aromatic N) is 1. The molecule has 0 saturated carbocycles. The summed E-state index contributed by atoms with van der Waals surface area (Å²) in [6.07, 6.45) is 2.64. The molecule has 4 nitrogen and oxygen atoms in total. The van der Waals surface area contributed by atoms with Crippen LogP contribution in [0.5, 0.6) is 0 Å². The Hall–Kier alpha value is -1.62. The van der Waals surface area contributed by atoms with Gasteiger partial charge in [0.1, 0.15) is 5.82 Å². The molecular formula is C16H23FN2O2. The lowest BCUT2D eigenvalue weighted by molar-refractivity contribution is -0.117. The molecule has 1 saturated heterocycles. The normalized spacial score (nSPS) is 14.8. The topological polar surface area (TPSA) is 41.6 Å². The molecule has 1 heterocycles. The molecule has 2 rings (SSSR count). The van der Waals surface area contributed by atoms with Crippen molar-refractivity contribution >= 4 is 17.3 Å². The van der Waals surface area contributed by atoms with Gasteiger partial charge in [-0.3, -0.25) is 4.79 Å². The standard InChI is InChI=1S/C16H23FN2O2/c1-12(2)21-8-5-16(20)18-14-9-13(17)10-15(11-14)19-6-3-4-7-19/h9-12H,3-8H2,1-2H3,(H,18,20). The fraction of sp³-hybridized carbons (Fsp3) is 0.562. The number of ether oxygens (including phenoxy) is 1. The lowest BCUT2D eigenvalue weighted by Gasteiger charge is -2.19. The predicted molar refractivity (Wildman–Crippen MR) is 82.2 cm³/mol. The van der Waals surface area contributed by atoms with Crippen molar-refractivity contribution in [3.8, 4) is 0 Å². The first kappa shape index (κ1) is 15.8. The smallest absolute Gasteiger partial charge is 0.226 e. The molecule has 1 aromatic carbocycles. The van der Waals surface area contributed by atoms with E-state index in [0.29, 0.717) is 12.3 Å². The van der Waals surface area contributed by atoms with Crippen LogP contribution in [0.25, 0.3) is 0 Å². The van der Waals surface area contributed by atoms with Gasteiger partial charge in [-0.05, 0) is 44.9 Å². The van der Waals surface area contributed by atoms with Crippen molar-refractivity contribution in [3.63, 3.8) is 0 Å². The van der Waals surface area contributed by atoms with Crippen LogP contribution < -0.4 is 10.2 Å². The molecule has 5 heteroatoms. The summed E-state index contributed by atoms with van der Waals surface area (Å²) in [5.41, 5.74) is 1.34. The van der Waals surface area contributed by atoms with Crippen molar-refractivity contribution in [2.24, 2.45) is 0 Å². The second-order valence-corrected chi connectivity index (χ2v) is 5.61. The molecule has 0 atom stereocenters. The molecular weight excluding hydrogens is 271 g/mol. The van der Waals surface area contributed by atoms with E-state index in [-0.39, 0.29) is 24.2 Å². The molecule has 1 aromatic rings. The summed E-state index contributed by atoms with van der Waals surface area (Å²) in [6.45, 7) is 6.11. The largest absolute Gasteiger partial charge is 0.378 e. The van der Waals surface area contributed by atoms with Crippen molar-refractivity contribution in [3.05, 3.63) is 24.0 Å². The van der Waals surface area contributed by atoms with Crippen LogP contribution >= 0.6 is 0 Å². The van der Waals surface area contributed by atoms with Gasteiger partial charge < -0.3 is 15.0 Å². The number of amides is 1. The van der Waals surface area contributed by atoms with E-state index in [1.54, 1.807) is 0 Å².